The minimum atomic E-state index is 0.0883. The number of fused-ring (bicyclic) bond motifs is 2. The molecule has 130 valence electrons. The van der Waals surface area contributed by atoms with Crippen molar-refractivity contribution in [2.75, 3.05) is 40.1 Å². The van der Waals surface area contributed by atoms with Crippen LogP contribution in [0.4, 0.5) is 0 Å². The maximum absolute atomic E-state index is 12.9. The molecule has 0 spiro atoms. The van der Waals surface area contributed by atoms with Crippen molar-refractivity contribution in [2.24, 2.45) is 0 Å². The lowest BCUT2D eigenvalue weighted by Crippen LogP contribution is -2.62. The van der Waals surface area contributed by atoms with Crippen molar-refractivity contribution in [3.8, 4) is 11.5 Å². The molecule has 3 heterocycles. The highest BCUT2D eigenvalue weighted by molar-refractivity contribution is 5.95. The SMILES string of the molecule is COC[C@@H]1C[C@@H]2CN(C(=O)c3ccc4c(c3)OCO4)CCCCN12. The van der Waals surface area contributed by atoms with Gasteiger partial charge in [0.25, 0.3) is 5.91 Å². The predicted octanol–water partition coefficient (Wildman–Crippen LogP) is 1.74. The molecule has 6 heteroatoms. The van der Waals surface area contributed by atoms with Crippen LogP contribution in [0, 0.1) is 0 Å². The highest BCUT2D eigenvalue weighted by Crippen LogP contribution is 2.33. The van der Waals surface area contributed by atoms with Crippen molar-refractivity contribution >= 4 is 5.91 Å². The maximum atomic E-state index is 12.9. The van der Waals surface area contributed by atoms with E-state index in [1.165, 1.54) is 0 Å². The Morgan fingerprint density at radius 1 is 1.25 bits per heavy atom. The second kappa shape index (κ2) is 6.61. The molecule has 3 aliphatic heterocycles. The van der Waals surface area contributed by atoms with E-state index in [0.29, 0.717) is 29.1 Å². The van der Waals surface area contributed by atoms with Crippen LogP contribution in [-0.4, -0.2) is 67.9 Å². The van der Waals surface area contributed by atoms with Gasteiger partial charge in [-0.2, -0.15) is 0 Å². The summed E-state index contributed by atoms with van der Waals surface area (Å²) in [6.45, 7) is 3.76. The van der Waals surface area contributed by atoms with Crippen LogP contribution in [0.1, 0.15) is 29.6 Å². The van der Waals surface area contributed by atoms with Crippen LogP contribution in [0.2, 0.25) is 0 Å². The number of carbonyl (C=O) groups is 1. The zero-order valence-electron chi connectivity index (χ0n) is 14.1. The predicted molar refractivity (Wildman–Crippen MR) is 88.5 cm³/mol. The number of rotatable bonds is 3. The van der Waals surface area contributed by atoms with Crippen molar-refractivity contribution in [1.82, 2.24) is 9.80 Å². The molecule has 2 saturated heterocycles. The first kappa shape index (κ1) is 15.7. The number of nitrogens with zero attached hydrogens (tertiary/aromatic N) is 2. The standard InChI is InChI=1S/C18H24N2O4/c1-22-11-15-9-14-10-19(6-2-3-7-20(14)15)18(21)13-4-5-16-17(8-13)24-12-23-16/h4-5,8,14-15H,2-3,6-7,9-12H2,1H3/t14-,15+/m1/s1. The Morgan fingerprint density at radius 3 is 2.96 bits per heavy atom. The van der Waals surface area contributed by atoms with E-state index in [0.717, 1.165) is 45.5 Å². The zero-order chi connectivity index (χ0) is 16.5. The van der Waals surface area contributed by atoms with Crippen molar-refractivity contribution in [3.05, 3.63) is 23.8 Å². The quantitative estimate of drug-likeness (QED) is 0.844. The van der Waals surface area contributed by atoms with E-state index in [-0.39, 0.29) is 12.7 Å². The van der Waals surface area contributed by atoms with Gasteiger partial charge in [0.2, 0.25) is 6.79 Å². The highest BCUT2D eigenvalue weighted by Gasteiger charge is 2.40. The van der Waals surface area contributed by atoms with E-state index in [1.54, 1.807) is 13.2 Å². The van der Waals surface area contributed by atoms with Gasteiger partial charge in [-0.1, -0.05) is 0 Å². The fraction of sp³-hybridized carbons (Fsp3) is 0.611. The molecule has 6 nitrogen and oxygen atoms in total. The number of benzene rings is 1. The molecule has 0 bridgehead atoms. The van der Waals surface area contributed by atoms with Crippen molar-refractivity contribution in [1.29, 1.82) is 0 Å². The molecule has 3 aliphatic rings. The van der Waals surface area contributed by atoms with Crippen LogP contribution in [-0.2, 0) is 4.74 Å². The number of methoxy groups -OCH3 is 1. The van der Waals surface area contributed by atoms with Gasteiger partial charge < -0.3 is 19.1 Å². The maximum Gasteiger partial charge on any atom is 0.254 e. The first-order chi connectivity index (χ1) is 11.8. The van der Waals surface area contributed by atoms with E-state index in [2.05, 4.69) is 4.90 Å². The van der Waals surface area contributed by atoms with Gasteiger partial charge in [-0.3, -0.25) is 9.69 Å². The second-order valence-electron chi connectivity index (χ2n) is 6.76. The summed E-state index contributed by atoms with van der Waals surface area (Å²) < 4.78 is 16.0. The Hall–Kier alpha value is -1.79. The smallest absolute Gasteiger partial charge is 0.254 e. The first-order valence-electron chi connectivity index (χ1n) is 8.70. The first-order valence-corrected chi connectivity index (χ1v) is 8.70. The molecule has 0 saturated carbocycles. The summed E-state index contributed by atoms with van der Waals surface area (Å²) in [6, 6.07) is 6.43. The average Bonchev–Trinajstić information content (AvgIpc) is 3.04. The molecule has 1 aromatic rings. The molecule has 4 rings (SSSR count). The fourth-order valence-electron chi connectivity index (χ4n) is 3.99. The zero-order valence-corrected chi connectivity index (χ0v) is 14.1. The lowest BCUT2D eigenvalue weighted by atomic mass is 9.91. The van der Waals surface area contributed by atoms with E-state index >= 15 is 0 Å². The third kappa shape index (κ3) is 2.84. The summed E-state index contributed by atoms with van der Waals surface area (Å²) >= 11 is 0. The molecule has 2 fully saturated rings. The van der Waals surface area contributed by atoms with E-state index < -0.39 is 0 Å². The third-order valence-corrected chi connectivity index (χ3v) is 5.27. The molecule has 0 unspecified atom stereocenters. The summed E-state index contributed by atoms with van der Waals surface area (Å²) in [5.74, 6) is 1.47. The van der Waals surface area contributed by atoms with Crippen LogP contribution in [0.3, 0.4) is 0 Å². The fourth-order valence-corrected chi connectivity index (χ4v) is 3.99. The minimum absolute atomic E-state index is 0.0883. The molecule has 1 amide bonds. The average molecular weight is 332 g/mol. The Morgan fingerprint density at radius 2 is 2.08 bits per heavy atom. The second-order valence-corrected chi connectivity index (χ2v) is 6.76. The number of amides is 1. The van der Waals surface area contributed by atoms with Gasteiger partial charge in [0, 0.05) is 37.8 Å². The Kier molecular flexibility index (Phi) is 4.33. The summed E-state index contributed by atoms with van der Waals surface area (Å²) in [5, 5.41) is 0. The van der Waals surface area contributed by atoms with Gasteiger partial charge in [0.1, 0.15) is 0 Å². The Balaban J connectivity index is 1.46. The third-order valence-electron chi connectivity index (χ3n) is 5.27. The van der Waals surface area contributed by atoms with Gasteiger partial charge in [0.05, 0.1) is 6.61 Å². The highest BCUT2D eigenvalue weighted by atomic mass is 16.7. The number of ether oxygens (including phenoxy) is 3. The summed E-state index contributed by atoms with van der Waals surface area (Å²) in [7, 11) is 1.76. The molecule has 0 aliphatic carbocycles. The van der Waals surface area contributed by atoms with Crippen LogP contribution < -0.4 is 9.47 Å². The van der Waals surface area contributed by atoms with E-state index in [4.69, 9.17) is 14.2 Å². The number of hydrogen-bond acceptors (Lipinski definition) is 5. The van der Waals surface area contributed by atoms with Crippen molar-refractivity contribution in [2.45, 2.75) is 31.3 Å². The molecule has 1 aromatic carbocycles. The Labute approximate surface area is 142 Å². The van der Waals surface area contributed by atoms with Crippen LogP contribution in [0.15, 0.2) is 18.2 Å². The lowest BCUT2D eigenvalue weighted by Gasteiger charge is -2.51. The molecular weight excluding hydrogens is 308 g/mol. The summed E-state index contributed by atoms with van der Waals surface area (Å²) in [5.41, 5.74) is 0.680. The monoisotopic (exact) mass is 332 g/mol. The number of carbonyl (C=O) groups excluding carboxylic acids is 1. The molecule has 0 aromatic heterocycles. The van der Waals surface area contributed by atoms with Crippen molar-refractivity contribution < 1.29 is 19.0 Å². The molecule has 0 N–H and O–H groups in total. The summed E-state index contributed by atoms with van der Waals surface area (Å²) in [4.78, 5) is 17.4. The normalized spacial score (nSPS) is 26.3. The topological polar surface area (TPSA) is 51.2 Å². The van der Waals surface area contributed by atoms with E-state index in [1.807, 2.05) is 17.0 Å². The van der Waals surface area contributed by atoms with Crippen LogP contribution in [0.25, 0.3) is 0 Å². The molecule has 2 atom stereocenters. The summed E-state index contributed by atoms with van der Waals surface area (Å²) in [6.07, 6.45) is 3.28. The largest absolute Gasteiger partial charge is 0.454 e. The molecule has 24 heavy (non-hydrogen) atoms. The van der Waals surface area contributed by atoms with Crippen LogP contribution >= 0.6 is 0 Å². The van der Waals surface area contributed by atoms with Crippen LogP contribution in [0.5, 0.6) is 11.5 Å². The van der Waals surface area contributed by atoms with Gasteiger partial charge in [-0.15, -0.1) is 0 Å². The molecule has 0 radical (unpaired) electrons. The Bertz CT molecular complexity index is 621. The van der Waals surface area contributed by atoms with Gasteiger partial charge in [-0.25, -0.2) is 0 Å². The molecular formula is C18H24N2O4. The van der Waals surface area contributed by atoms with E-state index in [9.17, 15) is 4.79 Å². The van der Waals surface area contributed by atoms with Gasteiger partial charge in [0.15, 0.2) is 11.5 Å². The minimum Gasteiger partial charge on any atom is -0.454 e. The number of hydrogen-bond donors (Lipinski definition) is 0. The van der Waals surface area contributed by atoms with Gasteiger partial charge in [-0.05, 0) is 44.0 Å². The van der Waals surface area contributed by atoms with Gasteiger partial charge >= 0.3 is 0 Å². The van der Waals surface area contributed by atoms with Crippen molar-refractivity contribution in [3.63, 3.8) is 0 Å². The lowest BCUT2D eigenvalue weighted by molar-refractivity contribution is -0.0458.